The minimum atomic E-state index is 0.804. The number of H-pyrrole nitrogens is 2. The predicted octanol–water partition coefficient (Wildman–Crippen LogP) is 4.50. The molecule has 3 aromatic rings. The van der Waals surface area contributed by atoms with E-state index in [2.05, 4.69) is 38.7 Å². The Hall–Kier alpha value is -3.21. The summed E-state index contributed by atoms with van der Waals surface area (Å²) in [6, 6.07) is 5.89. The lowest BCUT2D eigenvalue weighted by atomic mass is 10.1. The van der Waals surface area contributed by atoms with Gasteiger partial charge in [0.1, 0.15) is 5.69 Å². The number of aliphatic imine (C=N–C) groups is 1. The fourth-order valence-electron chi connectivity index (χ4n) is 2.49. The van der Waals surface area contributed by atoms with Crippen molar-refractivity contribution in [1.29, 1.82) is 0 Å². The van der Waals surface area contributed by atoms with E-state index in [1.807, 2.05) is 71.2 Å². The third-order valence-electron chi connectivity index (χ3n) is 4.18. The predicted molar refractivity (Wildman–Crippen MR) is 121 cm³/mol. The van der Waals surface area contributed by atoms with Gasteiger partial charge in [-0.3, -0.25) is 15.1 Å². The summed E-state index contributed by atoms with van der Waals surface area (Å²) >= 11 is 0. The van der Waals surface area contributed by atoms with E-state index < -0.39 is 0 Å². The molecule has 0 spiro atoms. The maximum atomic E-state index is 4.42. The molecule has 0 aliphatic rings. The van der Waals surface area contributed by atoms with Gasteiger partial charge in [0.2, 0.25) is 0 Å². The Bertz CT molecular complexity index is 1100. The monoisotopic (exact) mass is 375 g/mol. The van der Waals surface area contributed by atoms with Gasteiger partial charge in [-0.1, -0.05) is 26.5 Å². The normalized spacial score (nSPS) is 12.7. The number of aromatic amines is 2. The van der Waals surface area contributed by atoms with Crippen LogP contribution in [0.5, 0.6) is 0 Å². The first-order chi connectivity index (χ1) is 13.5. The van der Waals surface area contributed by atoms with Gasteiger partial charge in [-0.25, -0.2) is 0 Å². The highest BCUT2D eigenvalue weighted by Gasteiger charge is 2.07. The van der Waals surface area contributed by atoms with Crippen LogP contribution >= 0.6 is 0 Å². The Kier molecular flexibility index (Phi) is 7.27. The molecule has 5 heteroatoms. The van der Waals surface area contributed by atoms with E-state index in [1.54, 1.807) is 6.20 Å². The molecular weight excluding hydrogens is 346 g/mol. The molecule has 0 radical (unpaired) electrons. The second kappa shape index (κ2) is 9.65. The number of nitrogens with one attached hydrogen (secondary N) is 2. The topological polar surface area (TPSA) is 69.7 Å². The van der Waals surface area contributed by atoms with Gasteiger partial charge in [0.25, 0.3) is 0 Å². The van der Waals surface area contributed by atoms with Crippen molar-refractivity contribution in [2.45, 2.75) is 41.5 Å². The molecule has 0 aromatic carbocycles. The number of rotatable bonds is 4. The van der Waals surface area contributed by atoms with Crippen molar-refractivity contribution in [1.82, 2.24) is 20.2 Å². The van der Waals surface area contributed by atoms with Crippen molar-refractivity contribution in [2.24, 2.45) is 4.99 Å². The van der Waals surface area contributed by atoms with Gasteiger partial charge in [0.05, 0.1) is 22.1 Å². The second-order valence-electron chi connectivity index (χ2n) is 6.49. The van der Waals surface area contributed by atoms with Gasteiger partial charge < -0.3 is 4.98 Å². The largest absolute Gasteiger partial charge is 0.352 e. The van der Waals surface area contributed by atoms with Crippen LogP contribution in [-0.4, -0.2) is 25.9 Å². The number of hydrogen-bond donors (Lipinski definition) is 2. The number of hydrogen-bond acceptors (Lipinski definition) is 3. The van der Waals surface area contributed by atoms with E-state index in [0.717, 1.165) is 49.8 Å². The van der Waals surface area contributed by atoms with E-state index >= 15 is 0 Å². The highest BCUT2D eigenvalue weighted by Crippen LogP contribution is 2.17. The highest BCUT2D eigenvalue weighted by molar-refractivity contribution is 5.81. The summed E-state index contributed by atoms with van der Waals surface area (Å²) in [5.74, 6) is 0. The Morgan fingerprint density at radius 1 is 1.14 bits per heavy atom. The van der Waals surface area contributed by atoms with Crippen molar-refractivity contribution in [3.63, 3.8) is 0 Å². The van der Waals surface area contributed by atoms with Crippen LogP contribution in [0.15, 0.2) is 52.8 Å². The molecule has 3 aromatic heterocycles. The van der Waals surface area contributed by atoms with Crippen LogP contribution in [0.4, 0.5) is 0 Å². The summed E-state index contributed by atoms with van der Waals surface area (Å²) in [6.07, 6.45) is 7.71. The molecule has 0 saturated carbocycles. The molecule has 0 saturated heterocycles. The molecule has 28 heavy (non-hydrogen) atoms. The van der Waals surface area contributed by atoms with Crippen LogP contribution in [0.2, 0.25) is 0 Å². The molecule has 3 rings (SSSR count). The summed E-state index contributed by atoms with van der Waals surface area (Å²) in [5.41, 5.74) is 6.90. The lowest BCUT2D eigenvalue weighted by Crippen LogP contribution is -2.21. The van der Waals surface area contributed by atoms with Crippen LogP contribution < -0.4 is 10.6 Å². The average Bonchev–Trinajstić information content (AvgIpc) is 3.28. The summed E-state index contributed by atoms with van der Waals surface area (Å²) in [5, 5.41) is 9.22. The maximum absolute atomic E-state index is 4.42. The second-order valence-corrected chi connectivity index (χ2v) is 6.49. The third kappa shape index (κ3) is 4.94. The van der Waals surface area contributed by atoms with Crippen molar-refractivity contribution >= 4 is 29.4 Å². The first-order valence-electron chi connectivity index (χ1n) is 9.50. The molecule has 0 amide bonds. The lowest BCUT2D eigenvalue weighted by Gasteiger charge is -1.97. The van der Waals surface area contributed by atoms with Gasteiger partial charge in [-0.2, -0.15) is 5.10 Å². The SMILES string of the molecule is C=c1c(-c2cc3ncccc3[nH]2)n[nH]/c1=C/C=C(C)/C(C)=C/N=C(C)C.CC. The molecule has 0 fully saturated rings. The van der Waals surface area contributed by atoms with Crippen LogP contribution in [0, 0.1) is 0 Å². The quantitative estimate of drug-likeness (QED) is 0.521. The minimum Gasteiger partial charge on any atom is -0.352 e. The molecular formula is C23H29N5. The van der Waals surface area contributed by atoms with E-state index in [4.69, 9.17) is 0 Å². The summed E-state index contributed by atoms with van der Waals surface area (Å²) < 4.78 is 0. The lowest BCUT2D eigenvalue weighted by molar-refractivity contribution is 1.06. The standard InChI is InChI=1S/C21H23N5.C2H6/c1-13(2)23-12-15(4)14(3)8-9-17-16(5)21(26-25-17)20-11-19-18(24-20)7-6-10-22-19;1-2/h6-12,24-25H,5H2,1-4H3;1-2H3/b14-8+,15-12+,17-9+;. The van der Waals surface area contributed by atoms with Crippen molar-refractivity contribution < 1.29 is 0 Å². The van der Waals surface area contributed by atoms with Crippen LogP contribution in [-0.2, 0) is 0 Å². The molecule has 5 nitrogen and oxygen atoms in total. The zero-order valence-corrected chi connectivity index (χ0v) is 17.6. The molecule has 3 heterocycles. The van der Waals surface area contributed by atoms with E-state index in [0.29, 0.717) is 0 Å². The molecule has 146 valence electrons. The van der Waals surface area contributed by atoms with Crippen LogP contribution in [0.1, 0.15) is 41.5 Å². The average molecular weight is 376 g/mol. The fourth-order valence-corrected chi connectivity index (χ4v) is 2.49. The smallest absolute Gasteiger partial charge is 0.116 e. The van der Waals surface area contributed by atoms with E-state index in [9.17, 15) is 0 Å². The van der Waals surface area contributed by atoms with Gasteiger partial charge >= 0.3 is 0 Å². The molecule has 0 unspecified atom stereocenters. The maximum Gasteiger partial charge on any atom is 0.116 e. The Labute approximate surface area is 166 Å². The first kappa shape index (κ1) is 21.1. The highest BCUT2D eigenvalue weighted by atomic mass is 15.1. The zero-order chi connectivity index (χ0) is 20.7. The number of aromatic nitrogens is 4. The van der Waals surface area contributed by atoms with Crippen molar-refractivity contribution in [3.05, 3.63) is 58.4 Å². The van der Waals surface area contributed by atoms with Crippen LogP contribution in [0.25, 0.3) is 35.1 Å². The number of pyridine rings is 1. The number of fused-ring (bicyclic) bond motifs is 1. The first-order valence-corrected chi connectivity index (χ1v) is 9.50. The Morgan fingerprint density at radius 2 is 1.89 bits per heavy atom. The van der Waals surface area contributed by atoms with Crippen molar-refractivity contribution in [3.8, 4) is 11.4 Å². The number of allylic oxidation sites excluding steroid dienone is 3. The third-order valence-corrected chi connectivity index (χ3v) is 4.18. The Balaban J connectivity index is 0.00000136. The molecule has 2 N–H and O–H groups in total. The summed E-state index contributed by atoms with van der Waals surface area (Å²) in [7, 11) is 0. The summed E-state index contributed by atoms with van der Waals surface area (Å²) in [4.78, 5) is 12.0. The summed E-state index contributed by atoms with van der Waals surface area (Å²) in [6.45, 7) is 16.3. The van der Waals surface area contributed by atoms with Crippen molar-refractivity contribution in [2.75, 3.05) is 0 Å². The van der Waals surface area contributed by atoms with E-state index in [-0.39, 0.29) is 0 Å². The fraction of sp³-hybridized carbons (Fsp3) is 0.261. The molecule has 0 aliphatic carbocycles. The van der Waals surface area contributed by atoms with Gasteiger partial charge in [0.15, 0.2) is 0 Å². The van der Waals surface area contributed by atoms with Gasteiger partial charge in [-0.05, 0) is 63.1 Å². The van der Waals surface area contributed by atoms with E-state index in [1.165, 1.54) is 0 Å². The zero-order valence-electron chi connectivity index (χ0n) is 17.6. The number of nitrogens with zero attached hydrogens (tertiary/aromatic N) is 3. The van der Waals surface area contributed by atoms with Crippen LogP contribution in [0.3, 0.4) is 0 Å². The minimum absolute atomic E-state index is 0.804. The molecule has 0 atom stereocenters. The Morgan fingerprint density at radius 3 is 2.57 bits per heavy atom. The van der Waals surface area contributed by atoms with Gasteiger partial charge in [0, 0.05) is 23.3 Å². The van der Waals surface area contributed by atoms with Gasteiger partial charge in [-0.15, -0.1) is 0 Å². The molecule has 0 bridgehead atoms. The molecule has 0 aliphatic heterocycles.